The second-order valence-electron chi connectivity index (χ2n) is 4.25. The Morgan fingerprint density at radius 2 is 1.84 bits per heavy atom. The molecule has 1 aliphatic rings. The van der Waals surface area contributed by atoms with Crippen LogP contribution in [0.3, 0.4) is 0 Å². The molecule has 96 valence electrons. The van der Waals surface area contributed by atoms with Crippen LogP contribution in [-0.4, -0.2) is 20.4 Å². The smallest absolute Gasteiger partial charge is 0.264 e. The minimum atomic E-state index is -3.47. The van der Waals surface area contributed by atoms with Gasteiger partial charge in [0.1, 0.15) is 0 Å². The van der Waals surface area contributed by atoms with Crippen LogP contribution in [0.15, 0.2) is 48.7 Å². The second kappa shape index (κ2) is 4.20. The summed E-state index contributed by atoms with van der Waals surface area (Å²) in [6.07, 6.45) is 3.25. The quantitative estimate of drug-likeness (QED) is 0.800. The standard InChI is InChI=1S/C14H12N2O2S/c1-16-13-8-3-2-7-12(13)14(19(16,17)18)10-11-6-4-5-9-15-11/h2-10H,1H3. The highest BCUT2D eigenvalue weighted by atomic mass is 32.2. The molecule has 5 heteroatoms. The number of para-hydroxylation sites is 1. The first kappa shape index (κ1) is 11.9. The molecule has 0 spiro atoms. The summed E-state index contributed by atoms with van der Waals surface area (Å²) in [5.41, 5.74) is 2.05. The number of anilines is 1. The summed E-state index contributed by atoms with van der Waals surface area (Å²) in [5.74, 6) is 0. The zero-order valence-electron chi connectivity index (χ0n) is 10.3. The fraction of sp³-hybridized carbons (Fsp3) is 0.0714. The molecule has 0 N–H and O–H groups in total. The Morgan fingerprint density at radius 3 is 2.58 bits per heavy atom. The molecule has 2 aromatic rings. The molecule has 0 aliphatic carbocycles. The zero-order valence-corrected chi connectivity index (χ0v) is 11.1. The highest BCUT2D eigenvalue weighted by molar-refractivity contribution is 8.02. The summed E-state index contributed by atoms with van der Waals surface area (Å²) in [6.45, 7) is 0. The van der Waals surface area contributed by atoms with Gasteiger partial charge in [-0.15, -0.1) is 0 Å². The molecule has 1 aromatic carbocycles. The number of fused-ring (bicyclic) bond motifs is 1. The van der Waals surface area contributed by atoms with Gasteiger partial charge < -0.3 is 0 Å². The van der Waals surface area contributed by atoms with E-state index in [4.69, 9.17) is 0 Å². The van der Waals surface area contributed by atoms with Crippen molar-refractivity contribution >= 4 is 26.7 Å². The van der Waals surface area contributed by atoms with E-state index in [9.17, 15) is 8.42 Å². The summed E-state index contributed by atoms with van der Waals surface area (Å²) in [7, 11) is -1.91. The SMILES string of the molecule is CN1c2ccccc2C(=Cc2ccccn2)S1(=O)=O. The van der Waals surface area contributed by atoms with E-state index in [0.29, 0.717) is 16.3 Å². The summed E-state index contributed by atoms with van der Waals surface area (Å²) < 4.78 is 26.1. The highest BCUT2D eigenvalue weighted by Gasteiger charge is 2.35. The topological polar surface area (TPSA) is 50.3 Å². The molecule has 3 rings (SSSR count). The van der Waals surface area contributed by atoms with Crippen LogP contribution in [0, 0.1) is 0 Å². The molecule has 1 aromatic heterocycles. The Labute approximate surface area is 112 Å². The van der Waals surface area contributed by atoms with E-state index < -0.39 is 10.0 Å². The number of hydrogen-bond donors (Lipinski definition) is 0. The fourth-order valence-corrected chi connectivity index (χ4v) is 3.55. The molecule has 0 radical (unpaired) electrons. The average molecular weight is 272 g/mol. The minimum Gasteiger partial charge on any atom is -0.269 e. The molecule has 0 saturated heterocycles. The van der Waals surface area contributed by atoms with Crippen LogP contribution in [0.1, 0.15) is 11.3 Å². The van der Waals surface area contributed by atoms with Crippen LogP contribution < -0.4 is 4.31 Å². The fourth-order valence-electron chi connectivity index (χ4n) is 2.12. The lowest BCUT2D eigenvalue weighted by Crippen LogP contribution is -2.20. The van der Waals surface area contributed by atoms with Crippen molar-refractivity contribution in [2.75, 3.05) is 11.4 Å². The molecule has 0 fully saturated rings. The molecule has 0 bridgehead atoms. The Morgan fingerprint density at radius 1 is 1.11 bits per heavy atom. The second-order valence-corrected chi connectivity index (χ2v) is 6.19. The van der Waals surface area contributed by atoms with Gasteiger partial charge in [0, 0.05) is 18.8 Å². The Hall–Kier alpha value is -2.14. The van der Waals surface area contributed by atoms with Gasteiger partial charge in [-0.1, -0.05) is 24.3 Å². The van der Waals surface area contributed by atoms with Crippen LogP contribution in [0.5, 0.6) is 0 Å². The van der Waals surface area contributed by atoms with Gasteiger partial charge in [-0.3, -0.25) is 9.29 Å². The Kier molecular flexibility index (Phi) is 2.64. The van der Waals surface area contributed by atoms with Gasteiger partial charge in [-0.25, -0.2) is 8.42 Å². The maximum atomic E-state index is 12.4. The first-order valence-corrected chi connectivity index (χ1v) is 7.26. The van der Waals surface area contributed by atoms with Gasteiger partial charge in [-0.2, -0.15) is 0 Å². The van der Waals surface area contributed by atoms with Gasteiger partial charge in [-0.05, 0) is 24.3 Å². The number of hydrogen-bond acceptors (Lipinski definition) is 3. The summed E-state index contributed by atoms with van der Waals surface area (Å²) in [4.78, 5) is 4.44. The number of benzene rings is 1. The molecule has 0 saturated carbocycles. The van der Waals surface area contributed by atoms with Crippen LogP contribution in [0.4, 0.5) is 5.69 Å². The van der Waals surface area contributed by atoms with Crippen molar-refractivity contribution < 1.29 is 8.42 Å². The first-order chi connectivity index (χ1) is 9.10. The van der Waals surface area contributed by atoms with Crippen molar-refractivity contribution in [3.8, 4) is 0 Å². The lowest BCUT2D eigenvalue weighted by Gasteiger charge is -2.10. The number of pyridine rings is 1. The monoisotopic (exact) mass is 272 g/mol. The molecule has 19 heavy (non-hydrogen) atoms. The van der Waals surface area contributed by atoms with E-state index in [1.165, 1.54) is 4.31 Å². The van der Waals surface area contributed by atoms with E-state index in [-0.39, 0.29) is 0 Å². The molecular weight excluding hydrogens is 260 g/mol. The van der Waals surface area contributed by atoms with Crippen LogP contribution in [-0.2, 0) is 10.0 Å². The lowest BCUT2D eigenvalue weighted by atomic mass is 10.1. The van der Waals surface area contributed by atoms with E-state index >= 15 is 0 Å². The lowest BCUT2D eigenvalue weighted by molar-refractivity contribution is 0.605. The average Bonchev–Trinajstić information content (AvgIpc) is 2.62. The minimum absolute atomic E-state index is 0.296. The van der Waals surface area contributed by atoms with E-state index in [2.05, 4.69) is 4.98 Å². The van der Waals surface area contributed by atoms with Crippen LogP contribution in [0.2, 0.25) is 0 Å². The Bertz CT molecular complexity index is 752. The van der Waals surface area contributed by atoms with Gasteiger partial charge in [0.15, 0.2) is 0 Å². The van der Waals surface area contributed by atoms with Crippen molar-refractivity contribution in [1.29, 1.82) is 0 Å². The van der Waals surface area contributed by atoms with Gasteiger partial charge in [0.2, 0.25) is 0 Å². The van der Waals surface area contributed by atoms with Gasteiger partial charge in [0.05, 0.1) is 16.3 Å². The third-order valence-corrected chi connectivity index (χ3v) is 4.93. The number of aromatic nitrogens is 1. The summed E-state index contributed by atoms with van der Waals surface area (Å²) in [5, 5.41) is 0. The molecule has 0 atom stereocenters. The van der Waals surface area contributed by atoms with E-state index in [1.807, 2.05) is 24.3 Å². The summed E-state index contributed by atoms with van der Waals surface area (Å²) in [6, 6.07) is 12.7. The van der Waals surface area contributed by atoms with Gasteiger partial charge in [0.25, 0.3) is 10.0 Å². The highest BCUT2D eigenvalue weighted by Crippen LogP contribution is 2.41. The third kappa shape index (κ3) is 1.82. The third-order valence-electron chi connectivity index (χ3n) is 3.11. The number of nitrogens with zero attached hydrogens (tertiary/aromatic N) is 2. The van der Waals surface area contributed by atoms with E-state index in [1.54, 1.807) is 37.5 Å². The van der Waals surface area contributed by atoms with Crippen molar-refractivity contribution in [3.63, 3.8) is 0 Å². The van der Waals surface area contributed by atoms with E-state index in [0.717, 1.165) is 5.56 Å². The van der Waals surface area contributed by atoms with Crippen LogP contribution >= 0.6 is 0 Å². The predicted molar refractivity (Wildman–Crippen MR) is 75.9 cm³/mol. The molecule has 0 unspecified atom stereocenters. The first-order valence-electron chi connectivity index (χ1n) is 5.82. The molecule has 4 nitrogen and oxygen atoms in total. The number of rotatable bonds is 1. The zero-order chi connectivity index (χ0) is 13.5. The van der Waals surface area contributed by atoms with Gasteiger partial charge >= 0.3 is 0 Å². The number of sulfonamides is 1. The Balaban J connectivity index is 2.24. The van der Waals surface area contributed by atoms with Crippen molar-refractivity contribution in [3.05, 3.63) is 59.9 Å². The molecule has 0 amide bonds. The van der Waals surface area contributed by atoms with Crippen molar-refractivity contribution in [2.24, 2.45) is 0 Å². The van der Waals surface area contributed by atoms with Crippen LogP contribution in [0.25, 0.3) is 11.0 Å². The molecule has 2 heterocycles. The molecular formula is C14H12N2O2S. The maximum absolute atomic E-state index is 12.4. The molecule has 1 aliphatic heterocycles. The van der Waals surface area contributed by atoms with Crippen molar-refractivity contribution in [2.45, 2.75) is 0 Å². The summed E-state index contributed by atoms with van der Waals surface area (Å²) >= 11 is 0. The van der Waals surface area contributed by atoms with Crippen molar-refractivity contribution in [1.82, 2.24) is 4.98 Å². The largest absolute Gasteiger partial charge is 0.269 e. The predicted octanol–water partition coefficient (Wildman–Crippen LogP) is 2.36. The maximum Gasteiger partial charge on any atom is 0.264 e. The normalized spacial score (nSPS) is 18.6.